The average molecular weight is 366 g/mol. The third-order valence-electron chi connectivity index (χ3n) is 4.07. The molecule has 0 aliphatic rings. The van der Waals surface area contributed by atoms with Gasteiger partial charge in [-0.2, -0.15) is 0 Å². The zero-order valence-corrected chi connectivity index (χ0v) is 14.9. The first-order valence-corrected chi connectivity index (χ1v) is 8.84. The van der Waals surface area contributed by atoms with Crippen molar-refractivity contribution in [3.05, 3.63) is 58.7 Å². The summed E-state index contributed by atoms with van der Waals surface area (Å²) in [5.41, 5.74) is 4.87. The topological polar surface area (TPSA) is 73.6 Å². The van der Waals surface area contributed by atoms with Gasteiger partial charge in [-0.3, -0.25) is 0 Å². The van der Waals surface area contributed by atoms with Crippen LogP contribution < -0.4 is 0 Å². The number of hydrogen-bond donors (Lipinski definition) is 2. The molecule has 2 N–H and O–H groups in total. The fraction of sp³-hybridized carbons (Fsp3) is 0.105. The largest absolute Gasteiger partial charge is 0.493 e. The van der Waals surface area contributed by atoms with Crippen molar-refractivity contribution in [2.45, 2.75) is 13.8 Å². The molecule has 2 aromatic carbocycles. The molecule has 130 valence electrons. The number of hydrogen-bond acceptors (Lipinski definition) is 5. The number of benzene rings is 2. The van der Waals surface area contributed by atoms with Gasteiger partial charge >= 0.3 is 0 Å². The maximum atomic E-state index is 13.0. The van der Waals surface area contributed by atoms with Crippen molar-refractivity contribution < 1.29 is 9.50 Å². The molecule has 4 aromatic rings. The SMILES string of the molecule is Cc1cc(C)c2[nH]c(O)c(N=Nc3nc(-c4ccc(F)cc4)cs3)c2c1. The molecule has 0 bridgehead atoms. The molecule has 0 amide bonds. The highest BCUT2D eigenvalue weighted by atomic mass is 32.1. The fourth-order valence-corrected chi connectivity index (χ4v) is 3.53. The summed E-state index contributed by atoms with van der Waals surface area (Å²) in [7, 11) is 0. The first kappa shape index (κ1) is 16.4. The predicted octanol–water partition coefficient (Wildman–Crippen LogP) is 6.17. The molecule has 2 heterocycles. The lowest BCUT2D eigenvalue weighted by molar-refractivity contribution is 0.459. The number of thiazole rings is 1. The molecule has 0 saturated carbocycles. The molecule has 0 radical (unpaired) electrons. The van der Waals surface area contributed by atoms with Gasteiger partial charge in [0.15, 0.2) is 5.69 Å². The monoisotopic (exact) mass is 366 g/mol. The second-order valence-corrected chi connectivity index (χ2v) is 6.89. The van der Waals surface area contributed by atoms with Crippen LogP contribution in [0.2, 0.25) is 0 Å². The molecule has 2 aromatic heterocycles. The van der Waals surface area contributed by atoms with Gasteiger partial charge in [-0.05, 0) is 49.7 Å². The molecule has 5 nitrogen and oxygen atoms in total. The number of aromatic hydroxyl groups is 1. The van der Waals surface area contributed by atoms with Gasteiger partial charge in [-0.15, -0.1) is 21.6 Å². The maximum absolute atomic E-state index is 13.0. The van der Waals surface area contributed by atoms with Gasteiger partial charge in [0.1, 0.15) is 5.82 Å². The summed E-state index contributed by atoms with van der Waals surface area (Å²) in [6, 6.07) is 10.1. The van der Waals surface area contributed by atoms with E-state index in [9.17, 15) is 9.50 Å². The van der Waals surface area contributed by atoms with Gasteiger partial charge in [0, 0.05) is 16.3 Å². The van der Waals surface area contributed by atoms with Crippen LogP contribution in [0.5, 0.6) is 5.88 Å². The zero-order valence-electron chi connectivity index (χ0n) is 14.1. The highest BCUT2D eigenvalue weighted by Crippen LogP contribution is 2.38. The van der Waals surface area contributed by atoms with Gasteiger partial charge in [-0.1, -0.05) is 11.6 Å². The smallest absolute Gasteiger partial charge is 0.230 e. The molecular weight excluding hydrogens is 351 g/mol. The summed E-state index contributed by atoms with van der Waals surface area (Å²) < 4.78 is 13.0. The van der Waals surface area contributed by atoms with E-state index in [2.05, 4.69) is 20.2 Å². The van der Waals surface area contributed by atoms with Crippen molar-refractivity contribution in [1.82, 2.24) is 9.97 Å². The van der Waals surface area contributed by atoms with Crippen LogP contribution in [0.25, 0.3) is 22.2 Å². The molecule has 0 unspecified atom stereocenters. The van der Waals surface area contributed by atoms with Crippen LogP contribution in [0.15, 0.2) is 52.0 Å². The van der Waals surface area contributed by atoms with E-state index >= 15 is 0 Å². The maximum Gasteiger partial charge on any atom is 0.230 e. The van der Waals surface area contributed by atoms with E-state index in [0.717, 1.165) is 27.6 Å². The molecule has 0 atom stereocenters. The predicted molar refractivity (Wildman–Crippen MR) is 101 cm³/mol. The highest BCUT2D eigenvalue weighted by molar-refractivity contribution is 7.13. The summed E-state index contributed by atoms with van der Waals surface area (Å²) in [6.45, 7) is 3.97. The molecule has 4 rings (SSSR count). The van der Waals surface area contributed by atoms with Crippen molar-refractivity contribution in [3.8, 4) is 17.1 Å². The first-order chi connectivity index (χ1) is 12.5. The Morgan fingerprint density at radius 2 is 1.88 bits per heavy atom. The van der Waals surface area contributed by atoms with Crippen molar-refractivity contribution >= 4 is 33.1 Å². The number of azo groups is 1. The van der Waals surface area contributed by atoms with Crippen molar-refractivity contribution in [2.75, 3.05) is 0 Å². The van der Waals surface area contributed by atoms with Crippen LogP contribution >= 0.6 is 11.3 Å². The van der Waals surface area contributed by atoms with Gasteiger partial charge in [-0.25, -0.2) is 9.37 Å². The second-order valence-electron chi connectivity index (χ2n) is 6.05. The van der Waals surface area contributed by atoms with Crippen molar-refractivity contribution in [2.24, 2.45) is 10.2 Å². The third-order valence-corrected chi connectivity index (χ3v) is 4.80. The van der Waals surface area contributed by atoms with Crippen LogP contribution in [0, 0.1) is 19.7 Å². The Morgan fingerprint density at radius 3 is 2.65 bits per heavy atom. The van der Waals surface area contributed by atoms with Gasteiger partial charge in [0.05, 0.1) is 11.2 Å². The molecule has 0 aliphatic carbocycles. The Hall–Kier alpha value is -3.06. The number of nitrogens with zero attached hydrogens (tertiary/aromatic N) is 3. The summed E-state index contributed by atoms with van der Waals surface area (Å²) in [5, 5.41) is 21.7. The van der Waals surface area contributed by atoms with Crippen LogP contribution in [0.1, 0.15) is 11.1 Å². The number of aromatic amines is 1. The van der Waals surface area contributed by atoms with Crippen LogP contribution in [-0.2, 0) is 0 Å². The van der Waals surface area contributed by atoms with Crippen LogP contribution in [-0.4, -0.2) is 15.1 Å². The number of halogens is 1. The number of H-pyrrole nitrogens is 1. The Bertz CT molecular complexity index is 1130. The fourth-order valence-electron chi connectivity index (χ4n) is 2.88. The summed E-state index contributed by atoms with van der Waals surface area (Å²) in [4.78, 5) is 7.34. The molecule has 0 aliphatic heterocycles. The number of aryl methyl sites for hydroxylation is 2. The minimum absolute atomic E-state index is 0.0206. The highest BCUT2D eigenvalue weighted by Gasteiger charge is 2.13. The van der Waals surface area contributed by atoms with E-state index in [-0.39, 0.29) is 11.7 Å². The first-order valence-electron chi connectivity index (χ1n) is 7.96. The van der Waals surface area contributed by atoms with Gasteiger partial charge in [0.25, 0.3) is 0 Å². The molecule has 0 spiro atoms. The van der Waals surface area contributed by atoms with Crippen molar-refractivity contribution in [1.29, 1.82) is 0 Å². The minimum atomic E-state index is -0.288. The van der Waals surface area contributed by atoms with E-state index in [1.165, 1.54) is 23.5 Å². The Balaban J connectivity index is 1.68. The minimum Gasteiger partial charge on any atom is -0.493 e. The molecule has 0 fully saturated rings. The number of rotatable bonds is 3. The van der Waals surface area contributed by atoms with E-state index in [4.69, 9.17) is 0 Å². The summed E-state index contributed by atoms with van der Waals surface area (Å²) >= 11 is 1.33. The lowest BCUT2D eigenvalue weighted by Crippen LogP contribution is -1.78. The third kappa shape index (κ3) is 2.97. The Morgan fingerprint density at radius 1 is 1.12 bits per heavy atom. The van der Waals surface area contributed by atoms with Crippen LogP contribution in [0.4, 0.5) is 15.2 Å². The van der Waals surface area contributed by atoms with E-state index < -0.39 is 0 Å². The van der Waals surface area contributed by atoms with E-state index in [1.54, 1.807) is 12.1 Å². The Labute approximate surface area is 152 Å². The lowest BCUT2D eigenvalue weighted by Gasteiger charge is -1.98. The molecule has 0 saturated heterocycles. The lowest BCUT2D eigenvalue weighted by atomic mass is 10.1. The van der Waals surface area contributed by atoms with Gasteiger partial charge in [0.2, 0.25) is 11.0 Å². The standard InChI is InChI=1S/C19H15FN4OS/c1-10-7-11(2)16-14(8-10)17(18(25)22-16)23-24-19-21-15(9-26-19)12-3-5-13(20)6-4-12/h3-9,22,25H,1-2H3. The van der Waals surface area contributed by atoms with E-state index in [0.29, 0.717) is 16.5 Å². The number of nitrogens with one attached hydrogen (secondary N) is 1. The van der Waals surface area contributed by atoms with Gasteiger partial charge < -0.3 is 10.1 Å². The number of fused-ring (bicyclic) bond motifs is 1. The quantitative estimate of drug-likeness (QED) is 0.426. The summed E-state index contributed by atoms with van der Waals surface area (Å²) in [6.07, 6.45) is 0. The summed E-state index contributed by atoms with van der Waals surface area (Å²) in [5.74, 6) is -0.308. The molecule has 7 heteroatoms. The molecule has 26 heavy (non-hydrogen) atoms. The number of aromatic nitrogens is 2. The Kier molecular flexibility index (Phi) is 4.00. The molecular formula is C19H15FN4OS. The van der Waals surface area contributed by atoms with E-state index in [1.807, 2.05) is 31.4 Å². The zero-order chi connectivity index (χ0) is 18.3. The normalized spacial score (nSPS) is 11.7. The van der Waals surface area contributed by atoms with Crippen molar-refractivity contribution in [3.63, 3.8) is 0 Å². The average Bonchev–Trinajstić information content (AvgIpc) is 3.19. The van der Waals surface area contributed by atoms with Crippen LogP contribution in [0.3, 0.4) is 0 Å². The second kappa shape index (κ2) is 6.34.